The highest BCUT2D eigenvalue weighted by Crippen LogP contribution is 2.26. The van der Waals surface area contributed by atoms with E-state index < -0.39 is 0 Å². The van der Waals surface area contributed by atoms with E-state index in [0.717, 1.165) is 9.69 Å². The molecule has 2 rings (SSSR count). The molecule has 6 nitrogen and oxygen atoms in total. The highest BCUT2D eigenvalue weighted by atomic mass is 32.1. The van der Waals surface area contributed by atoms with Crippen molar-refractivity contribution in [2.24, 2.45) is 0 Å². The molecule has 0 unspecified atom stereocenters. The monoisotopic (exact) mass is 267 g/mol. The Balaban J connectivity index is 2.13. The number of nitrogens with zero attached hydrogens (tertiary/aromatic N) is 2. The molecule has 0 aliphatic rings. The smallest absolute Gasteiger partial charge is 0.333 e. The topological polar surface area (TPSA) is 67.6 Å². The minimum Gasteiger partial charge on any atom is -0.383 e. The standard InChI is InChI=1S/C11H13N3O3S/c1-16-7-6-12-11(15)14(18)10-8-4-2-3-5-9(8)17-13-10/h2-5,18H,6-7H2,1H3,(H,12,15). The average molecular weight is 267 g/mol. The summed E-state index contributed by atoms with van der Waals surface area (Å²) in [6.45, 7) is 0.842. The van der Waals surface area contributed by atoms with Gasteiger partial charge in [-0.3, -0.25) is 0 Å². The average Bonchev–Trinajstić information content (AvgIpc) is 2.82. The first-order valence-corrected chi connectivity index (χ1v) is 5.74. The third-order valence-electron chi connectivity index (χ3n) is 2.33. The van der Waals surface area contributed by atoms with Crippen molar-refractivity contribution in [3.63, 3.8) is 0 Å². The number of hydrogen-bond acceptors (Lipinski definition) is 5. The van der Waals surface area contributed by atoms with Crippen LogP contribution in [0.2, 0.25) is 0 Å². The van der Waals surface area contributed by atoms with Gasteiger partial charge < -0.3 is 14.6 Å². The number of anilines is 1. The van der Waals surface area contributed by atoms with Crippen LogP contribution in [-0.2, 0) is 4.74 Å². The van der Waals surface area contributed by atoms with E-state index in [0.29, 0.717) is 24.6 Å². The molecule has 7 heteroatoms. The van der Waals surface area contributed by atoms with Gasteiger partial charge in [-0.2, -0.15) is 0 Å². The fraction of sp³-hybridized carbons (Fsp3) is 0.273. The maximum Gasteiger partial charge on any atom is 0.333 e. The van der Waals surface area contributed by atoms with Crippen molar-refractivity contribution in [1.29, 1.82) is 0 Å². The molecule has 0 fully saturated rings. The molecule has 2 amide bonds. The minimum absolute atomic E-state index is 0.365. The lowest BCUT2D eigenvalue weighted by molar-refractivity contribution is 0.197. The summed E-state index contributed by atoms with van der Waals surface area (Å²) >= 11 is 4.12. The van der Waals surface area contributed by atoms with E-state index in [2.05, 4.69) is 23.3 Å². The van der Waals surface area contributed by atoms with Gasteiger partial charge in [0.05, 0.1) is 12.0 Å². The predicted octanol–water partition coefficient (Wildman–Crippen LogP) is 1.83. The largest absolute Gasteiger partial charge is 0.383 e. The molecule has 0 radical (unpaired) electrons. The van der Waals surface area contributed by atoms with Crippen molar-refractivity contribution < 1.29 is 14.1 Å². The number of benzene rings is 1. The van der Waals surface area contributed by atoms with Crippen LogP contribution in [0.1, 0.15) is 0 Å². The van der Waals surface area contributed by atoms with Gasteiger partial charge in [-0.05, 0) is 12.1 Å². The van der Waals surface area contributed by atoms with Crippen molar-refractivity contribution in [3.8, 4) is 0 Å². The molecule has 0 atom stereocenters. The van der Waals surface area contributed by atoms with E-state index in [1.54, 1.807) is 13.2 Å². The molecule has 2 aromatic rings. The summed E-state index contributed by atoms with van der Waals surface area (Å²) in [5.74, 6) is 0.365. The predicted molar refractivity (Wildman–Crippen MR) is 70.7 cm³/mol. The van der Waals surface area contributed by atoms with Gasteiger partial charge >= 0.3 is 6.03 Å². The number of thiol groups is 1. The van der Waals surface area contributed by atoms with Gasteiger partial charge in [0.2, 0.25) is 0 Å². The van der Waals surface area contributed by atoms with Gasteiger partial charge in [-0.15, -0.1) is 0 Å². The third kappa shape index (κ3) is 2.57. The SMILES string of the molecule is COCCNC(=O)N(S)c1noc2ccccc12. The Hall–Kier alpha value is -1.73. The second-order valence-electron chi connectivity index (χ2n) is 3.54. The lowest BCUT2D eigenvalue weighted by Gasteiger charge is -2.13. The molecule has 1 aromatic carbocycles. The Morgan fingerprint density at radius 1 is 1.56 bits per heavy atom. The van der Waals surface area contributed by atoms with Gasteiger partial charge in [-0.1, -0.05) is 30.1 Å². The molecule has 18 heavy (non-hydrogen) atoms. The maximum absolute atomic E-state index is 11.8. The van der Waals surface area contributed by atoms with Crippen LogP contribution in [0.5, 0.6) is 0 Å². The highest BCUT2D eigenvalue weighted by molar-refractivity contribution is 7.82. The normalized spacial score (nSPS) is 10.6. The molecule has 0 saturated heterocycles. The molecule has 1 heterocycles. The van der Waals surface area contributed by atoms with Gasteiger partial charge in [-0.25, -0.2) is 9.10 Å². The summed E-state index contributed by atoms with van der Waals surface area (Å²) in [5.41, 5.74) is 0.608. The van der Waals surface area contributed by atoms with Gasteiger partial charge in [0.25, 0.3) is 0 Å². The first-order chi connectivity index (χ1) is 8.74. The summed E-state index contributed by atoms with van der Waals surface area (Å²) in [4.78, 5) is 11.8. The number of ether oxygens (including phenoxy) is 1. The van der Waals surface area contributed by atoms with Crippen molar-refractivity contribution >= 4 is 35.6 Å². The van der Waals surface area contributed by atoms with E-state index in [9.17, 15) is 4.79 Å². The Bertz CT molecular complexity index is 543. The Morgan fingerprint density at radius 2 is 2.33 bits per heavy atom. The second kappa shape index (κ2) is 5.74. The molecule has 1 aromatic heterocycles. The quantitative estimate of drug-likeness (QED) is 0.655. The third-order valence-corrected chi connectivity index (χ3v) is 2.70. The fourth-order valence-corrected chi connectivity index (χ4v) is 1.67. The fourth-order valence-electron chi connectivity index (χ4n) is 1.46. The van der Waals surface area contributed by atoms with E-state index in [1.807, 2.05) is 18.2 Å². The molecule has 0 aliphatic heterocycles. The highest BCUT2D eigenvalue weighted by Gasteiger charge is 2.18. The van der Waals surface area contributed by atoms with E-state index in [1.165, 1.54) is 0 Å². The number of urea groups is 1. The Labute approximate surface area is 109 Å². The Morgan fingerprint density at radius 3 is 3.11 bits per heavy atom. The zero-order valence-electron chi connectivity index (χ0n) is 9.79. The summed E-state index contributed by atoms with van der Waals surface area (Å²) in [7, 11) is 1.57. The van der Waals surface area contributed by atoms with Gasteiger partial charge in [0.15, 0.2) is 11.4 Å². The molecular formula is C11H13N3O3S. The van der Waals surface area contributed by atoms with Crippen LogP contribution in [0, 0.1) is 0 Å². The van der Waals surface area contributed by atoms with Crippen molar-refractivity contribution in [2.75, 3.05) is 24.6 Å². The van der Waals surface area contributed by atoms with Crippen LogP contribution in [0.15, 0.2) is 28.8 Å². The first kappa shape index (κ1) is 12.7. The van der Waals surface area contributed by atoms with E-state index in [4.69, 9.17) is 9.26 Å². The summed E-state index contributed by atoms with van der Waals surface area (Å²) in [6, 6.07) is 6.88. The van der Waals surface area contributed by atoms with Crippen LogP contribution >= 0.6 is 12.8 Å². The maximum atomic E-state index is 11.8. The summed E-state index contributed by atoms with van der Waals surface area (Å²) in [5, 5.41) is 7.20. The van der Waals surface area contributed by atoms with Crippen LogP contribution in [0.3, 0.4) is 0 Å². The number of para-hydroxylation sites is 1. The zero-order chi connectivity index (χ0) is 13.0. The van der Waals surface area contributed by atoms with Crippen LogP contribution in [0.25, 0.3) is 11.0 Å². The zero-order valence-corrected chi connectivity index (χ0v) is 10.7. The number of rotatable bonds is 4. The molecule has 0 saturated carbocycles. The molecule has 1 N–H and O–H groups in total. The Kier molecular flexibility index (Phi) is 4.06. The van der Waals surface area contributed by atoms with Crippen molar-refractivity contribution in [2.45, 2.75) is 0 Å². The van der Waals surface area contributed by atoms with Crippen molar-refractivity contribution in [1.82, 2.24) is 10.5 Å². The van der Waals surface area contributed by atoms with Crippen LogP contribution in [-0.4, -0.2) is 31.4 Å². The number of nitrogens with one attached hydrogen (secondary N) is 1. The summed E-state index contributed by atoms with van der Waals surface area (Å²) < 4.78 is 11.1. The number of fused-ring (bicyclic) bond motifs is 1. The summed E-state index contributed by atoms with van der Waals surface area (Å²) in [6.07, 6.45) is 0. The van der Waals surface area contributed by atoms with E-state index >= 15 is 0 Å². The number of amides is 2. The number of carbonyl (C=O) groups excluding carboxylic acids is 1. The number of aromatic nitrogens is 1. The molecule has 96 valence electrons. The lowest BCUT2D eigenvalue weighted by atomic mass is 10.2. The van der Waals surface area contributed by atoms with Crippen LogP contribution < -0.4 is 9.62 Å². The molecule has 0 aliphatic carbocycles. The van der Waals surface area contributed by atoms with Crippen LogP contribution in [0.4, 0.5) is 10.6 Å². The van der Waals surface area contributed by atoms with Crippen molar-refractivity contribution in [3.05, 3.63) is 24.3 Å². The van der Waals surface area contributed by atoms with Gasteiger partial charge in [0.1, 0.15) is 0 Å². The number of methoxy groups -OCH3 is 1. The first-order valence-electron chi connectivity index (χ1n) is 5.34. The number of hydrogen-bond donors (Lipinski definition) is 2. The van der Waals surface area contributed by atoms with E-state index in [-0.39, 0.29) is 6.03 Å². The number of carbonyl (C=O) groups is 1. The lowest BCUT2D eigenvalue weighted by Crippen LogP contribution is -2.36. The molecular weight excluding hydrogens is 254 g/mol. The minimum atomic E-state index is -0.380. The van der Waals surface area contributed by atoms with Gasteiger partial charge in [0, 0.05) is 13.7 Å². The second-order valence-corrected chi connectivity index (χ2v) is 3.94. The molecule has 0 bridgehead atoms. The molecule has 0 spiro atoms.